The van der Waals surface area contributed by atoms with Crippen molar-refractivity contribution in [2.24, 2.45) is 14.1 Å². The summed E-state index contributed by atoms with van der Waals surface area (Å²) in [7, 11) is 3.85. The molecule has 0 fully saturated rings. The highest BCUT2D eigenvalue weighted by atomic mass is 35.5. The van der Waals surface area contributed by atoms with Gasteiger partial charge in [-0.25, -0.2) is 4.98 Å². The maximum Gasteiger partial charge on any atom is 0.159 e. The van der Waals surface area contributed by atoms with Crippen molar-refractivity contribution in [3.63, 3.8) is 0 Å². The molecule has 3 heterocycles. The van der Waals surface area contributed by atoms with E-state index < -0.39 is 0 Å². The number of rotatable bonds is 4. The van der Waals surface area contributed by atoms with Crippen molar-refractivity contribution in [2.75, 3.05) is 0 Å². The van der Waals surface area contributed by atoms with Crippen LogP contribution in [0.15, 0.2) is 12.3 Å². The predicted octanol–water partition coefficient (Wildman–Crippen LogP) is 1.85. The Bertz CT molecular complexity index is 750. The first-order chi connectivity index (χ1) is 9.63. The second-order valence-electron chi connectivity index (χ2n) is 4.82. The smallest absolute Gasteiger partial charge is 0.159 e. The molecule has 3 aromatic rings. The van der Waals surface area contributed by atoms with E-state index >= 15 is 0 Å². The molecule has 0 unspecified atom stereocenters. The summed E-state index contributed by atoms with van der Waals surface area (Å²) in [5.74, 6) is 1.24. The van der Waals surface area contributed by atoms with Gasteiger partial charge >= 0.3 is 0 Å². The minimum absolute atomic E-state index is 0.380. The van der Waals surface area contributed by atoms with Gasteiger partial charge in [0.05, 0.1) is 23.8 Å². The summed E-state index contributed by atoms with van der Waals surface area (Å²) in [5, 5.41) is 8.94. The van der Waals surface area contributed by atoms with Gasteiger partial charge in [0, 0.05) is 20.3 Å². The Morgan fingerprint density at radius 3 is 2.65 bits per heavy atom. The second-order valence-corrected chi connectivity index (χ2v) is 5.09. The van der Waals surface area contributed by atoms with Crippen LogP contribution < -0.4 is 0 Å². The van der Waals surface area contributed by atoms with Crippen molar-refractivity contribution in [3.05, 3.63) is 29.5 Å². The van der Waals surface area contributed by atoms with Gasteiger partial charge in [0.25, 0.3) is 0 Å². The molecule has 0 aliphatic rings. The van der Waals surface area contributed by atoms with Crippen molar-refractivity contribution in [1.82, 2.24) is 29.1 Å². The zero-order valence-electron chi connectivity index (χ0n) is 11.8. The Kier molecular flexibility index (Phi) is 3.25. The highest BCUT2D eigenvalue weighted by Crippen LogP contribution is 2.22. The van der Waals surface area contributed by atoms with Crippen molar-refractivity contribution in [1.29, 1.82) is 0 Å². The molecule has 0 radical (unpaired) electrons. The molecule has 0 atom stereocenters. The van der Waals surface area contributed by atoms with Crippen LogP contribution in [0.4, 0.5) is 0 Å². The summed E-state index contributed by atoms with van der Waals surface area (Å²) in [4.78, 5) is 4.64. The minimum Gasteiger partial charge on any atom is -0.306 e. The van der Waals surface area contributed by atoms with Crippen LogP contribution in [0.1, 0.15) is 24.1 Å². The molecule has 0 aliphatic carbocycles. The van der Waals surface area contributed by atoms with Crippen LogP contribution in [0, 0.1) is 0 Å². The maximum atomic E-state index is 6.04. The van der Waals surface area contributed by atoms with E-state index in [4.69, 9.17) is 11.6 Å². The van der Waals surface area contributed by atoms with Gasteiger partial charge in [-0.1, -0.05) is 6.92 Å². The molecule has 20 heavy (non-hydrogen) atoms. The summed E-state index contributed by atoms with van der Waals surface area (Å²) in [6, 6.07) is 2.00. The molecule has 0 bridgehead atoms. The van der Waals surface area contributed by atoms with Gasteiger partial charge < -0.3 is 4.57 Å². The van der Waals surface area contributed by atoms with Crippen molar-refractivity contribution >= 4 is 22.8 Å². The SMILES string of the molecule is CCc1nn(C)c2c1nc(CCl)n2Cc1ccn(C)n1. The molecule has 3 rings (SSSR count). The Morgan fingerprint density at radius 2 is 2.05 bits per heavy atom. The lowest BCUT2D eigenvalue weighted by Crippen LogP contribution is -2.08. The van der Waals surface area contributed by atoms with Crippen LogP contribution in [-0.4, -0.2) is 29.1 Å². The van der Waals surface area contributed by atoms with Crippen molar-refractivity contribution in [2.45, 2.75) is 25.8 Å². The van der Waals surface area contributed by atoms with Gasteiger partial charge in [0.15, 0.2) is 5.65 Å². The molecule has 0 aliphatic heterocycles. The molecule has 7 heteroatoms. The quantitative estimate of drug-likeness (QED) is 0.690. The molecule has 0 saturated carbocycles. The van der Waals surface area contributed by atoms with Crippen molar-refractivity contribution in [3.8, 4) is 0 Å². The van der Waals surface area contributed by atoms with Crippen LogP contribution in [0.2, 0.25) is 0 Å². The van der Waals surface area contributed by atoms with E-state index in [0.717, 1.165) is 34.8 Å². The number of hydrogen-bond donors (Lipinski definition) is 0. The highest BCUT2D eigenvalue weighted by molar-refractivity contribution is 6.16. The molecule has 0 amide bonds. The lowest BCUT2D eigenvalue weighted by atomic mass is 10.3. The first-order valence-electron chi connectivity index (χ1n) is 6.59. The Morgan fingerprint density at radius 1 is 1.25 bits per heavy atom. The summed E-state index contributed by atoms with van der Waals surface area (Å²) in [5.41, 5.74) is 3.94. The molecule has 0 N–H and O–H groups in total. The number of imidazole rings is 1. The van der Waals surface area contributed by atoms with Crippen LogP contribution in [0.3, 0.4) is 0 Å². The van der Waals surface area contributed by atoms with Crippen LogP contribution in [0.25, 0.3) is 11.2 Å². The van der Waals surface area contributed by atoms with Crippen molar-refractivity contribution < 1.29 is 0 Å². The fourth-order valence-electron chi connectivity index (χ4n) is 2.50. The Hall–Kier alpha value is -1.82. The van der Waals surface area contributed by atoms with E-state index in [1.807, 2.05) is 31.0 Å². The fraction of sp³-hybridized carbons (Fsp3) is 0.462. The summed E-state index contributed by atoms with van der Waals surface area (Å²) < 4.78 is 5.77. The monoisotopic (exact) mass is 292 g/mol. The number of aromatic nitrogens is 6. The van der Waals surface area contributed by atoms with Gasteiger partial charge in [-0.3, -0.25) is 9.36 Å². The average molecular weight is 293 g/mol. The van der Waals surface area contributed by atoms with Gasteiger partial charge in [0.2, 0.25) is 0 Å². The molecular formula is C13H17ClN6. The predicted molar refractivity (Wildman–Crippen MR) is 77.7 cm³/mol. The molecule has 3 aromatic heterocycles. The molecule has 0 aromatic carbocycles. The van der Waals surface area contributed by atoms with Crippen LogP contribution in [-0.2, 0) is 32.9 Å². The molecule has 6 nitrogen and oxygen atoms in total. The minimum atomic E-state index is 0.380. The third kappa shape index (κ3) is 2.00. The molecular weight excluding hydrogens is 276 g/mol. The Labute approximate surface area is 122 Å². The fourth-order valence-corrected chi connectivity index (χ4v) is 2.71. The van der Waals surface area contributed by atoms with E-state index in [-0.39, 0.29) is 0 Å². The summed E-state index contributed by atoms with van der Waals surface area (Å²) >= 11 is 6.04. The first-order valence-corrected chi connectivity index (χ1v) is 7.13. The largest absolute Gasteiger partial charge is 0.306 e. The molecule has 0 spiro atoms. The van der Waals surface area contributed by atoms with Crippen LogP contribution in [0.5, 0.6) is 0 Å². The number of aryl methyl sites for hydroxylation is 3. The first kappa shape index (κ1) is 13.2. The van der Waals surface area contributed by atoms with E-state index in [2.05, 4.69) is 26.7 Å². The number of halogens is 1. The van der Waals surface area contributed by atoms with E-state index in [0.29, 0.717) is 12.4 Å². The summed E-state index contributed by atoms with van der Waals surface area (Å²) in [6.45, 7) is 2.74. The number of alkyl halides is 1. The second kappa shape index (κ2) is 4.94. The number of hydrogen-bond acceptors (Lipinski definition) is 3. The van der Waals surface area contributed by atoms with E-state index in [9.17, 15) is 0 Å². The van der Waals surface area contributed by atoms with Crippen LogP contribution >= 0.6 is 11.6 Å². The summed E-state index contributed by atoms with van der Waals surface area (Å²) in [6.07, 6.45) is 2.80. The Balaban J connectivity index is 2.14. The third-order valence-corrected chi connectivity index (χ3v) is 3.65. The van der Waals surface area contributed by atoms with E-state index in [1.165, 1.54) is 0 Å². The molecule has 0 saturated heterocycles. The third-order valence-electron chi connectivity index (χ3n) is 3.41. The maximum absolute atomic E-state index is 6.04. The molecule has 106 valence electrons. The zero-order chi connectivity index (χ0) is 14.3. The standard InChI is InChI=1S/C13H17ClN6/c1-4-10-12-13(19(3)17-10)20(11(7-14)15-12)8-9-5-6-18(2)16-9/h5-6H,4,7-8H2,1-3H3. The van der Waals surface area contributed by atoms with Gasteiger partial charge in [-0.15, -0.1) is 11.6 Å². The van der Waals surface area contributed by atoms with Gasteiger partial charge in [-0.2, -0.15) is 10.2 Å². The van der Waals surface area contributed by atoms with Gasteiger partial charge in [-0.05, 0) is 12.5 Å². The topological polar surface area (TPSA) is 53.5 Å². The number of nitrogens with zero attached hydrogens (tertiary/aromatic N) is 6. The normalized spacial score (nSPS) is 11.6. The zero-order valence-corrected chi connectivity index (χ0v) is 12.6. The lowest BCUT2D eigenvalue weighted by Gasteiger charge is -2.06. The lowest BCUT2D eigenvalue weighted by molar-refractivity contribution is 0.671. The average Bonchev–Trinajstić information content (AvgIpc) is 3.07. The highest BCUT2D eigenvalue weighted by Gasteiger charge is 2.18. The number of fused-ring (bicyclic) bond motifs is 1. The van der Waals surface area contributed by atoms with E-state index in [1.54, 1.807) is 4.68 Å². The van der Waals surface area contributed by atoms with Gasteiger partial charge in [0.1, 0.15) is 11.3 Å².